The second kappa shape index (κ2) is 7.95. The van der Waals surface area contributed by atoms with E-state index in [1.165, 1.54) is 9.87 Å². The Hall–Kier alpha value is -2.13. The lowest BCUT2D eigenvalue weighted by Gasteiger charge is -2.41. The van der Waals surface area contributed by atoms with Crippen LogP contribution in [0, 0.1) is 0 Å². The van der Waals surface area contributed by atoms with E-state index in [1.54, 1.807) is 35.9 Å². The minimum absolute atomic E-state index is 0.302. The van der Waals surface area contributed by atoms with Crippen LogP contribution < -0.4 is 0 Å². The number of aromatic nitrogens is 2. The van der Waals surface area contributed by atoms with Crippen LogP contribution in [0.2, 0.25) is 0 Å². The Morgan fingerprint density at radius 3 is 2.34 bits per heavy atom. The van der Waals surface area contributed by atoms with E-state index in [1.807, 2.05) is 36.4 Å². The zero-order valence-corrected chi connectivity index (χ0v) is 18.2. The van der Waals surface area contributed by atoms with Crippen molar-refractivity contribution >= 4 is 21.5 Å². The van der Waals surface area contributed by atoms with Crippen LogP contribution in [-0.4, -0.2) is 54.2 Å². The molecule has 0 saturated carbocycles. The van der Waals surface area contributed by atoms with Crippen molar-refractivity contribution in [2.75, 3.05) is 27.2 Å². The molecule has 0 amide bonds. The highest BCUT2D eigenvalue weighted by atomic mass is 32.2. The first-order valence-electron chi connectivity index (χ1n) is 9.54. The van der Waals surface area contributed by atoms with E-state index in [4.69, 9.17) is 4.98 Å². The fourth-order valence-electron chi connectivity index (χ4n) is 3.88. The van der Waals surface area contributed by atoms with Crippen LogP contribution in [0.25, 0.3) is 10.7 Å². The van der Waals surface area contributed by atoms with E-state index >= 15 is 0 Å². The summed E-state index contributed by atoms with van der Waals surface area (Å²) in [5, 5.41) is 2.99. The molecule has 29 heavy (non-hydrogen) atoms. The Morgan fingerprint density at radius 2 is 1.72 bits per heavy atom. The fourth-order valence-corrected chi connectivity index (χ4v) is 5.88. The normalized spacial score (nSPS) is 17.5. The van der Waals surface area contributed by atoms with Gasteiger partial charge in [-0.05, 0) is 30.5 Å². The summed E-state index contributed by atoms with van der Waals surface area (Å²) in [4.78, 5) is 9.37. The number of thiazole rings is 1. The van der Waals surface area contributed by atoms with Gasteiger partial charge in [0.15, 0.2) is 0 Å². The number of piperidine rings is 1. The molecule has 1 aromatic carbocycles. The maximum absolute atomic E-state index is 12.6. The van der Waals surface area contributed by atoms with Crippen molar-refractivity contribution in [3.8, 4) is 10.7 Å². The molecule has 152 valence electrons. The Kier molecular flexibility index (Phi) is 5.52. The van der Waals surface area contributed by atoms with Gasteiger partial charge in [-0.25, -0.2) is 4.98 Å². The molecule has 1 aliphatic rings. The van der Waals surface area contributed by atoms with Crippen molar-refractivity contribution in [3.05, 3.63) is 71.4 Å². The third-order valence-corrected chi connectivity index (χ3v) is 8.37. The maximum atomic E-state index is 12.6. The third-order valence-electron chi connectivity index (χ3n) is 5.57. The summed E-state index contributed by atoms with van der Waals surface area (Å²) in [6.07, 6.45) is 3.15. The standard InChI is InChI=1S/C21H24N4O2S2/c1-24(2)29(26,27)25-14-11-21(12-15-25,17-8-4-3-5-9-17)19-16-28-20(23-19)18-10-6-7-13-22-18/h3-10,13,16H,11-12,14-15H2,1-2H3. The van der Waals surface area contributed by atoms with Crippen molar-refractivity contribution in [1.29, 1.82) is 0 Å². The van der Waals surface area contributed by atoms with E-state index in [9.17, 15) is 8.42 Å². The minimum Gasteiger partial charge on any atom is -0.254 e. The number of benzene rings is 1. The lowest BCUT2D eigenvalue weighted by Crippen LogP contribution is -2.49. The Bertz CT molecular complexity index is 1060. The van der Waals surface area contributed by atoms with Gasteiger partial charge in [-0.1, -0.05) is 36.4 Å². The molecule has 0 unspecified atom stereocenters. The lowest BCUT2D eigenvalue weighted by atomic mass is 9.71. The molecule has 1 aliphatic heterocycles. The van der Waals surface area contributed by atoms with E-state index < -0.39 is 10.2 Å². The van der Waals surface area contributed by atoms with Gasteiger partial charge in [0, 0.05) is 44.2 Å². The second-order valence-corrected chi connectivity index (χ2v) is 10.4. The average molecular weight is 429 g/mol. The number of hydrogen-bond donors (Lipinski definition) is 0. The molecule has 1 saturated heterocycles. The Labute approximate surface area is 176 Å². The van der Waals surface area contributed by atoms with Crippen LogP contribution in [-0.2, 0) is 15.6 Å². The number of hydrogen-bond acceptors (Lipinski definition) is 5. The summed E-state index contributed by atoms with van der Waals surface area (Å²) in [5.41, 5.74) is 2.74. The first kappa shape index (κ1) is 20.2. The SMILES string of the molecule is CN(C)S(=O)(=O)N1CCC(c2ccccc2)(c2csc(-c3ccccn3)n2)CC1. The van der Waals surface area contributed by atoms with E-state index in [0.717, 1.165) is 16.4 Å². The van der Waals surface area contributed by atoms with E-state index in [0.29, 0.717) is 25.9 Å². The molecular weight excluding hydrogens is 404 g/mol. The molecule has 0 N–H and O–H groups in total. The van der Waals surface area contributed by atoms with Crippen molar-refractivity contribution in [1.82, 2.24) is 18.6 Å². The zero-order valence-electron chi connectivity index (χ0n) is 16.5. The summed E-state index contributed by atoms with van der Waals surface area (Å²) in [5.74, 6) is 0. The number of rotatable bonds is 5. The highest BCUT2D eigenvalue weighted by molar-refractivity contribution is 7.86. The van der Waals surface area contributed by atoms with Gasteiger partial charge >= 0.3 is 0 Å². The van der Waals surface area contributed by atoms with Gasteiger partial charge in [-0.15, -0.1) is 11.3 Å². The summed E-state index contributed by atoms with van der Waals surface area (Å²) in [6, 6.07) is 16.1. The zero-order chi connectivity index (χ0) is 20.5. The Balaban J connectivity index is 1.71. The van der Waals surface area contributed by atoms with Crippen molar-refractivity contribution in [2.24, 2.45) is 0 Å². The smallest absolute Gasteiger partial charge is 0.254 e. The van der Waals surface area contributed by atoms with Gasteiger partial charge in [-0.2, -0.15) is 17.0 Å². The molecule has 0 aliphatic carbocycles. The molecule has 0 radical (unpaired) electrons. The first-order valence-corrected chi connectivity index (χ1v) is 11.8. The van der Waals surface area contributed by atoms with Crippen LogP contribution in [0.15, 0.2) is 60.1 Å². The van der Waals surface area contributed by atoms with Crippen molar-refractivity contribution in [2.45, 2.75) is 18.3 Å². The monoisotopic (exact) mass is 428 g/mol. The minimum atomic E-state index is -3.41. The highest BCUT2D eigenvalue weighted by Gasteiger charge is 2.42. The quantitative estimate of drug-likeness (QED) is 0.625. The molecule has 3 aromatic rings. The summed E-state index contributed by atoms with van der Waals surface area (Å²) < 4.78 is 28.0. The molecule has 1 fully saturated rings. The van der Waals surface area contributed by atoms with Crippen LogP contribution in [0.4, 0.5) is 0 Å². The fraction of sp³-hybridized carbons (Fsp3) is 0.333. The summed E-state index contributed by atoms with van der Waals surface area (Å²) >= 11 is 1.59. The van der Waals surface area contributed by atoms with Crippen molar-refractivity contribution in [3.63, 3.8) is 0 Å². The van der Waals surface area contributed by atoms with Gasteiger partial charge in [0.1, 0.15) is 5.01 Å². The third kappa shape index (κ3) is 3.73. The predicted molar refractivity (Wildman–Crippen MR) is 116 cm³/mol. The largest absolute Gasteiger partial charge is 0.281 e. The average Bonchev–Trinajstić information content (AvgIpc) is 3.26. The topological polar surface area (TPSA) is 66.4 Å². The molecule has 2 aromatic heterocycles. The van der Waals surface area contributed by atoms with Gasteiger partial charge in [0.2, 0.25) is 0 Å². The second-order valence-electron chi connectivity index (χ2n) is 7.39. The molecule has 0 bridgehead atoms. The molecule has 0 spiro atoms. The van der Waals surface area contributed by atoms with Crippen LogP contribution in [0.1, 0.15) is 24.1 Å². The van der Waals surface area contributed by atoms with Crippen LogP contribution in [0.5, 0.6) is 0 Å². The molecule has 0 atom stereocenters. The molecule has 6 nitrogen and oxygen atoms in total. The maximum Gasteiger partial charge on any atom is 0.281 e. The molecule has 4 rings (SSSR count). The number of nitrogens with zero attached hydrogens (tertiary/aromatic N) is 4. The molecular formula is C21H24N4O2S2. The summed E-state index contributed by atoms with van der Waals surface area (Å²) in [7, 11) is -0.259. The predicted octanol–water partition coefficient (Wildman–Crippen LogP) is 3.39. The molecule has 8 heteroatoms. The van der Waals surface area contributed by atoms with E-state index in [-0.39, 0.29) is 5.41 Å². The van der Waals surface area contributed by atoms with Gasteiger partial charge in [0.05, 0.1) is 11.4 Å². The lowest BCUT2D eigenvalue weighted by molar-refractivity contribution is 0.252. The number of pyridine rings is 1. The molecule has 3 heterocycles. The Morgan fingerprint density at radius 1 is 1.03 bits per heavy atom. The van der Waals surface area contributed by atoms with Crippen LogP contribution >= 0.6 is 11.3 Å². The van der Waals surface area contributed by atoms with Gasteiger partial charge in [0.25, 0.3) is 10.2 Å². The first-order chi connectivity index (χ1) is 13.9. The van der Waals surface area contributed by atoms with E-state index in [2.05, 4.69) is 22.5 Å². The van der Waals surface area contributed by atoms with Gasteiger partial charge < -0.3 is 0 Å². The van der Waals surface area contributed by atoms with Crippen molar-refractivity contribution < 1.29 is 8.42 Å². The summed E-state index contributed by atoms with van der Waals surface area (Å²) in [6.45, 7) is 0.928. The van der Waals surface area contributed by atoms with Gasteiger partial charge in [-0.3, -0.25) is 4.98 Å². The van der Waals surface area contributed by atoms with Crippen LogP contribution in [0.3, 0.4) is 0 Å². The highest BCUT2D eigenvalue weighted by Crippen LogP contribution is 2.43.